The zero-order valence-corrected chi connectivity index (χ0v) is 19.2. The molecule has 0 aliphatic heterocycles. The third-order valence-electron chi connectivity index (χ3n) is 4.35. The van der Waals surface area contributed by atoms with E-state index in [2.05, 4.69) is 0 Å². The van der Waals surface area contributed by atoms with Gasteiger partial charge in [-0.3, -0.25) is 9.59 Å². The van der Waals surface area contributed by atoms with Crippen molar-refractivity contribution in [1.29, 1.82) is 0 Å². The SMILES string of the molecule is CC(C)CC(Cl)C(=O)Oc1ccc(-c2ccc(OC(=O)C(Cl)CC(C)C)cc2)cc1. The molecule has 0 amide bonds. The maximum atomic E-state index is 12.0. The summed E-state index contributed by atoms with van der Waals surface area (Å²) >= 11 is 12.2. The summed E-state index contributed by atoms with van der Waals surface area (Å²) in [6.45, 7) is 8.01. The third-order valence-corrected chi connectivity index (χ3v) is 5.06. The van der Waals surface area contributed by atoms with Crippen LogP contribution >= 0.6 is 23.2 Å². The van der Waals surface area contributed by atoms with Crippen molar-refractivity contribution in [3.8, 4) is 22.6 Å². The smallest absolute Gasteiger partial charge is 0.329 e. The molecule has 162 valence electrons. The summed E-state index contributed by atoms with van der Waals surface area (Å²) in [6, 6.07) is 14.3. The summed E-state index contributed by atoms with van der Waals surface area (Å²) in [6.07, 6.45) is 1.13. The molecule has 0 N–H and O–H groups in total. The van der Waals surface area contributed by atoms with E-state index in [9.17, 15) is 9.59 Å². The monoisotopic (exact) mass is 450 g/mol. The number of alkyl halides is 2. The molecule has 6 heteroatoms. The summed E-state index contributed by atoms with van der Waals surface area (Å²) in [4.78, 5) is 24.1. The lowest BCUT2D eigenvalue weighted by atomic mass is 10.1. The van der Waals surface area contributed by atoms with E-state index in [1.807, 2.05) is 52.0 Å². The zero-order valence-electron chi connectivity index (χ0n) is 17.7. The molecule has 2 atom stereocenters. The second-order valence-electron chi connectivity index (χ2n) is 8.09. The van der Waals surface area contributed by atoms with Crippen molar-refractivity contribution in [2.24, 2.45) is 11.8 Å². The highest BCUT2D eigenvalue weighted by molar-refractivity contribution is 6.30. The molecule has 0 aromatic heterocycles. The van der Waals surface area contributed by atoms with Crippen LogP contribution in [-0.2, 0) is 9.59 Å². The molecule has 4 nitrogen and oxygen atoms in total. The number of esters is 2. The van der Waals surface area contributed by atoms with Crippen LogP contribution in [0.2, 0.25) is 0 Å². The molecule has 0 heterocycles. The largest absolute Gasteiger partial charge is 0.425 e. The zero-order chi connectivity index (χ0) is 22.3. The standard InChI is InChI=1S/C24H28Cl2O4/c1-15(2)13-21(25)23(27)29-19-9-5-17(6-10-19)18-7-11-20(12-8-18)30-24(28)22(26)14-16(3)4/h5-12,15-16,21-22H,13-14H2,1-4H3. The van der Waals surface area contributed by atoms with Gasteiger partial charge in [-0.2, -0.15) is 0 Å². The molecule has 0 spiro atoms. The Morgan fingerprint density at radius 3 is 1.23 bits per heavy atom. The molecule has 0 aliphatic carbocycles. The van der Waals surface area contributed by atoms with Crippen molar-refractivity contribution in [2.75, 3.05) is 0 Å². The Kier molecular flexibility index (Phi) is 9.19. The second kappa shape index (κ2) is 11.4. The van der Waals surface area contributed by atoms with Crippen LogP contribution in [-0.4, -0.2) is 22.7 Å². The molecule has 30 heavy (non-hydrogen) atoms. The third kappa shape index (κ3) is 7.66. The van der Waals surface area contributed by atoms with Crippen molar-refractivity contribution in [3.05, 3.63) is 48.5 Å². The van der Waals surface area contributed by atoms with Crippen molar-refractivity contribution in [2.45, 2.75) is 51.3 Å². The first-order chi connectivity index (χ1) is 14.2. The number of benzene rings is 2. The van der Waals surface area contributed by atoms with Gasteiger partial charge in [0, 0.05) is 0 Å². The van der Waals surface area contributed by atoms with Gasteiger partial charge in [0.15, 0.2) is 0 Å². The minimum atomic E-state index is -0.659. The molecule has 2 aromatic carbocycles. The summed E-state index contributed by atoms with van der Waals surface area (Å²) < 4.78 is 10.7. The van der Waals surface area contributed by atoms with Crippen LogP contribution in [0, 0.1) is 11.8 Å². The van der Waals surface area contributed by atoms with E-state index in [0.29, 0.717) is 36.2 Å². The van der Waals surface area contributed by atoms with Crippen LogP contribution in [0.4, 0.5) is 0 Å². The number of carbonyl (C=O) groups excluding carboxylic acids is 2. The van der Waals surface area contributed by atoms with Gasteiger partial charge in [-0.05, 0) is 60.1 Å². The quantitative estimate of drug-likeness (QED) is 0.249. The van der Waals surface area contributed by atoms with Crippen molar-refractivity contribution >= 4 is 35.1 Å². The lowest BCUT2D eigenvalue weighted by Crippen LogP contribution is -2.22. The maximum absolute atomic E-state index is 12.0. The molecule has 0 aliphatic rings. The Bertz CT molecular complexity index is 758. The molecule has 0 fully saturated rings. The highest BCUT2D eigenvalue weighted by Crippen LogP contribution is 2.26. The van der Waals surface area contributed by atoms with E-state index >= 15 is 0 Å². The van der Waals surface area contributed by atoms with Crippen molar-refractivity contribution in [3.63, 3.8) is 0 Å². The molecular formula is C24H28Cl2O4. The van der Waals surface area contributed by atoms with Crippen LogP contribution in [0.3, 0.4) is 0 Å². The van der Waals surface area contributed by atoms with Gasteiger partial charge in [0.1, 0.15) is 22.3 Å². The fourth-order valence-electron chi connectivity index (χ4n) is 2.81. The predicted octanol–water partition coefficient (Wildman–Crippen LogP) is 6.47. The first-order valence-corrected chi connectivity index (χ1v) is 10.9. The Morgan fingerprint density at radius 2 is 0.967 bits per heavy atom. The van der Waals surface area contributed by atoms with E-state index in [0.717, 1.165) is 11.1 Å². The Hall–Kier alpha value is -2.04. The minimum absolute atomic E-state index is 0.315. The second-order valence-corrected chi connectivity index (χ2v) is 9.14. The van der Waals surface area contributed by atoms with Crippen LogP contribution in [0.15, 0.2) is 48.5 Å². The highest BCUT2D eigenvalue weighted by Gasteiger charge is 2.20. The Labute approximate surface area is 188 Å². The van der Waals surface area contributed by atoms with Gasteiger partial charge in [0.2, 0.25) is 0 Å². The van der Waals surface area contributed by atoms with Gasteiger partial charge < -0.3 is 9.47 Å². The van der Waals surface area contributed by atoms with E-state index in [1.54, 1.807) is 24.3 Å². The van der Waals surface area contributed by atoms with Crippen LogP contribution < -0.4 is 9.47 Å². The van der Waals surface area contributed by atoms with Gasteiger partial charge in [-0.25, -0.2) is 0 Å². The minimum Gasteiger partial charge on any atom is -0.425 e. The molecule has 0 bridgehead atoms. The number of hydrogen-bond acceptors (Lipinski definition) is 4. The number of ether oxygens (including phenoxy) is 2. The molecule has 2 unspecified atom stereocenters. The van der Waals surface area contributed by atoms with Gasteiger partial charge >= 0.3 is 11.9 Å². The average molecular weight is 451 g/mol. The highest BCUT2D eigenvalue weighted by atomic mass is 35.5. The van der Waals surface area contributed by atoms with E-state index in [-0.39, 0.29) is 0 Å². The van der Waals surface area contributed by atoms with Crippen molar-refractivity contribution < 1.29 is 19.1 Å². The predicted molar refractivity (Wildman–Crippen MR) is 121 cm³/mol. The fourth-order valence-corrected chi connectivity index (χ4v) is 3.61. The summed E-state index contributed by atoms with van der Waals surface area (Å²) in [5.41, 5.74) is 1.87. The number of hydrogen-bond donors (Lipinski definition) is 0. The number of rotatable bonds is 9. The van der Waals surface area contributed by atoms with Gasteiger partial charge in [0.25, 0.3) is 0 Å². The van der Waals surface area contributed by atoms with Gasteiger partial charge in [-0.15, -0.1) is 23.2 Å². The molecule has 0 radical (unpaired) electrons. The van der Waals surface area contributed by atoms with Gasteiger partial charge in [-0.1, -0.05) is 52.0 Å². The fraction of sp³-hybridized carbons (Fsp3) is 0.417. The van der Waals surface area contributed by atoms with Crippen LogP contribution in [0.1, 0.15) is 40.5 Å². The van der Waals surface area contributed by atoms with Crippen LogP contribution in [0.5, 0.6) is 11.5 Å². The molecule has 2 aromatic rings. The molecule has 2 rings (SSSR count). The topological polar surface area (TPSA) is 52.6 Å². The number of carbonyl (C=O) groups is 2. The molecule has 0 saturated carbocycles. The number of halogens is 2. The summed E-state index contributed by atoms with van der Waals surface area (Å²) in [5.74, 6) is 0.633. The first kappa shape index (κ1) is 24.2. The Balaban J connectivity index is 1.97. The van der Waals surface area contributed by atoms with Crippen LogP contribution in [0.25, 0.3) is 11.1 Å². The van der Waals surface area contributed by atoms with Gasteiger partial charge in [0.05, 0.1) is 0 Å². The lowest BCUT2D eigenvalue weighted by Gasteiger charge is -2.12. The lowest BCUT2D eigenvalue weighted by molar-refractivity contribution is -0.135. The summed E-state index contributed by atoms with van der Waals surface area (Å²) in [7, 11) is 0. The van der Waals surface area contributed by atoms with E-state index in [4.69, 9.17) is 32.7 Å². The first-order valence-electron chi connectivity index (χ1n) is 10.1. The Morgan fingerprint density at radius 1 is 0.667 bits per heavy atom. The average Bonchev–Trinajstić information content (AvgIpc) is 2.68. The normalized spacial score (nSPS) is 13.2. The maximum Gasteiger partial charge on any atom is 0.329 e. The molecule has 0 saturated heterocycles. The summed E-state index contributed by atoms with van der Waals surface area (Å²) in [5, 5.41) is -1.32. The van der Waals surface area contributed by atoms with E-state index < -0.39 is 22.7 Å². The molecular weight excluding hydrogens is 423 g/mol. The van der Waals surface area contributed by atoms with Crippen molar-refractivity contribution in [1.82, 2.24) is 0 Å². The van der Waals surface area contributed by atoms with E-state index in [1.165, 1.54) is 0 Å².